The van der Waals surface area contributed by atoms with Crippen LogP contribution in [0.4, 0.5) is 0 Å². The van der Waals surface area contributed by atoms with Crippen LogP contribution in [0.1, 0.15) is 39.5 Å². The number of carbonyl (C=O) groups excluding carboxylic acids is 1. The van der Waals surface area contributed by atoms with Crippen molar-refractivity contribution in [1.29, 1.82) is 0 Å². The predicted molar refractivity (Wildman–Crippen MR) is 70.9 cm³/mol. The van der Waals surface area contributed by atoms with E-state index in [9.17, 15) is 4.79 Å². The molecular weight excluding hydrogens is 220 g/mol. The van der Waals surface area contributed by atoms with Crippen molar-refractivity contribution in [3.63, 3.8) is 0 Å². The van der Waals surface area contributed by atoms with Crippen LogP contribution in [-0.4, -0.2) is 36.0 Å². The number of hydrogen-bond acceptors (Lipinski definition) is 3. The maximum atomic E-state index is 11.6. The molecule has 94 valence electrons. The Morgan fingerprint density at radius 1 is 1.56 bits per heavy atom. The van der Waals surface area contributed by atoms with Crippen molar-refractivity contribution in [3.05, 3.63) is 0 Å². The molecule has 0 saturated carbocycles. The molecule has 1 unspecified atom stereocenters. The lowest BCUT2D eigenvalue weighted by molar-refractivity contribution is -0.121. The van der Waals surface area contributed by atoms with Crippen molar-refractivity contribution in [2.75, 3.05) is 19.3 Å². The predicted octanol–water partition coefficient (Wildman–Crippen LogP) is 1.78. The van der Waals surface area contributed by atoms with E-state index in [-0.39, 0.29) is 10.7 Å². The molecule has 0 radical (unpaired) electrons. The van der Waals surface area contributed by atoms with Gasteiger partial charge in [-0.1, -0.05) is 0 Å². The van der Waals surface area contributed by atoms with E-state index in [2.05, 4.69) is 30.7 Å². The van der Waals surface area contributed by atoms with Crippen LogP contribution in [0.3, 0.4) is 0 Å². The van der Waals surface area contributed by atoms with E-state index in [1.807, 2.05) is 0 Å². The Morgan fingerprint density at radius 3 is 2.88 bits per heavy atom. The topological polar surface area (TPSA) is 41.1 Å². The Labute approximate surface area is 103 Å². The molecule has 0 aliphatic carbocycles. The summed E-state index contributed by atoms with van der Waals surface area (Å²) < 4.78 is 0.140. The standard InChI is InChI=1S/C12H24N2OS/c1-12(2,16-3)9-14-11(15)7-6-10-5-4-8-13-10/h10,13H,4-9H2,1-3H3,(H,14,15). The first kappa shape index (κ1) is 13.8. The molecule has 0 aromatic rings. The lowest BCUT2D eigenvalue weighted by Gasteiger charge is -2.22. The van der Waals surface area contributed by atoms with E-state index >= 15 is 0 Å². The van der Waals surface area contributed by atoms with Crippen molar-refractivity contribution in [2.45, 2.75) is 50.3 Å². The fourth-order valence-electron chi connectivity index (χ4n) is 1.78. The third-order valence-electron chi connectivity index (χ3n) is 3.15. The van der Waals surface area contributed by atoms with Gasteiger partial charge in [0.2, 0.25) is 5.91 Å². The molecule has 3 nitrogen and oxygen atoms in total. The van der Waals surface area contributed by atoms with Gasteiger partial charge in [0, 0.05) is 23.8 Å². The van der Waals surface area contributed by atoms with Gasteiger partial charge in [-0.2, -0.15) is 11.8 Å². The number of rotatable bonds is 6. The van der Waals surface area contributed by atoms with Gasteiger partial charge >= 0.3 is 0 Å². The quantitative estimate of drug-likeness (QED) is 0.748. The first-order chi connectivity index (χ1) is 7.53. The van der Waals surface area contributed by atoms with Gasteiger partial charge in [0.1, 0.15) is 0 Å². The summed E-state index contributed by atoms with van der Waals surface area (Å²) in [6, 6.07) is 0.569. The summed E-state index contributed by atoms with van der Waals surface area (Å²) in [6.45, 7) is 6.17. The van der Waals surface area contributed by atoms with Crippen LogP contribution < -0.4 is 10.6 Å². The molecule has 1 aliphatic rings. The molecular formula is C12H24N2OS. The van der Waals surface area contributed by atoms with Gasteiger partial charge in [-0.05, 0) is 45.9 Å². The number of hydrogen-bond donors (Lipinski definition) is 2. The van der Waals surface area contributed by atoms with Crippen molar-refractivity contribution in [2.24, 2.45) is 0 Å². The van der Waals surface area contributed by atoms with Gasteiger partial charge < -0.3 is 10.6 Å². The molecule has 0 aromatic heterocycles. The minimum atomic E-state index is 0.140. The van der Waals surface area contributed by atoms with E-state index in [1.165, 1.54) is 12.8 Å². The summed E-state index contributed by atoms with van der Waals surface area (Å²) in [5.74, 6) is 0.191. The summed E-state index contributed by atoms with van der Waals surface area (Å²) in [7, 11) is 0. The Morgan fingerprint density at radius 2 is 2.31 bits per heavy atom. The molecule has 1 amide bonds. The monoisotopic (exact) mass is 244 g/mol. The Hall–Kier alpha value is -0.220. The van der Waals surface area contributed by atoms with Gasteiger partial charge in [0.25, 0.3) is 0 Å². The van der Waals surface area contributed by atoms with Crippen molar-refractivity contribution in [1.82, 2.24) is 10.6 Å². The third-order valence-corrected chi connectivity index (χ3v) is 4.40. The summed E-state index contributed by atoms with van der Waals surface area (Å²) in [6.07, 6.45) is 6.19. The minimum absolute atomic E-state index is 0.140. The molecule has 16 heavy (non-hydrogen) atoms. The van der Waals surface area contributed by atoms with Crippen LogP contribution in [0, 0.1) is 0 Å². The SMILES string of the molecule is CSC(C)(C)CNC(=O)CCC1CCCN1. The second kappa shape index (κ2) is 6.50. The van der Waals surface area contributed by atoms with Gasteiger partial charge in [-0.25, -0.2) is 0 Å². The Bertz CT molecular complexity index is 225. The van der Waals surface area contributed by atoms with E-state index in [0.717, 1.165) is 19.5 Å². The van der Waals surface area contributed by atoms with Gasteiger partial charge in [0.15, 0.2) is 0 Å². The normalized spacial score (nSPS) is 21.1. The van der Waals surface area contributed by atoms with Crippen LogP contribution in [0.2, 0.25) is 0 Å². The summed E-state index contributed by atoms with van der Waals surface area (Å²) in [5, 5.41) is 6.42. The summed E-state index contributed by atoms with van der Waals surface area (Å²) in [4.78, 5) is 11.6. The maximum Gasteiger partial charge on any atom is 0.220 e. The van der Waals surface area contributed by atoms with Crippen LogP contribution in [0.25, 0.3) is 0 Å². The van der Waals surface area contributed by atoms with Gasteiger partial charge in [0.05, 0.1) is 0 Å². The highest BCUT2D eigenvalue weighted by molar-refractivity contribution is 7.99. The first-order valence-corrected chi connectivity index (χ1v) is 7.31. The molecule has 1 fully saturated rings. The smallest absolute Gasteiger partial charge is 0.220 e. The second-order valence-electron chi connectivity index (χ2n) is 5.07. The molecule has 0 bridgehead atoms. The first-order valence-electron chi connectivity index (χ1n) is 6.09. The van der Waals surface area contributed by atoms with Crippen molar-refractivity contribution < 1.29 is 4.79 Å². The number of amides is 1. The van der Waals surface area contributed by atoms with E-state index in [0.29, 0.717) is 12.5 Å². The fourth-order valence-corrected chi connectivity index (χ4v) is 2.00. The molecule has 1 saturated heterocycles. The Balaban J connectivity index is 2.10. The second-order valence-corrected chi connectivity index (χ2v) is 6.59. The van der Waals surface area contributed by atoms with Crippen molar-refractivity contribution >= 4 is 17.7 Å². The molecule has 1 rings (SSSR count). The lowest BCUT2D eigenvalue weighted by Crippen LogP contribution is -2.36. The highest BCUT2D eigenvalue weighted by atomic mass is 32.2. The Kier molecular flexibility index (Phi) is 5.62. The number of thioether (sulfide) groups is 1. The molecule has 0 spiro atoms. The van der Waals surface area contributed by atoms with Gasteiger partial charge in [-0.3, -0.25) is 4.79 Å². The van der Waals surface area contributed by atoms with Crippen LogP contribution in [-0.2, 0) is 4.79 Å². The molecule has 1 atom stereocenters. The highest BCUT2D eigenvalue weighted by Crippen LogP contribution is 2.19. The number of carbonyl (C=O) groups is 1. The van der Waals surface area contributed by atoms with Crippen LogP contribution in [0.15, 0.2) is 0 Å². The van der Waals surface area contributed by atoms with E-state index < -0.39 is 0 Å². The zero-order chi connectivity index (χ0) is 12.0. The van der Waals surface area contributed by atoms with Crippen LogP contribution >= 0.6 is 11.8 Å². The van der Waals surface area contributed by atoms with Crippen molar-refractivity contribution in [3.8, 4) is 0 Å². The largest absolute Gasteiger partial charge is 0.355 e. The zero-order valence-corrected chi connectivity index (χ0v) is 11.5. The highest BCUT2D eigenvalue weighted by Gasteiger charge is 2.18. The van der Waals surface area contributed by atoms with Crippen LogP contribution in [0.5, 0.6) is 0 Å². The zero-order valence-electron chi connectivity index (χ0n) is 10.6. The average molecular weight is 244 g/mol. The van der Waals surface area contributed by atoms with E-state index in [4.69, 9.17) is 0 Å². The minimum Gasteiger partial charge on any atom is -0.355 e. The average Bonchev–Trinajstić information content (AvgIpc) is 2.76. The molecule has 2 N–H and O–H groups in total. The molecule has 4 heteroatoms. The molecule has 1 aliphatic heterocycles. The lowest BCUT2D eigenvalue weighted by atomic mass is 10.1. The summed E-state index contributed by atoms with van der Waals surface area (Å²) in [5.41, 5.74) is 0. The third kappa shape index (κ3) is 5.21. The summed E-state index contributed by atoms with van der Waals surface area (Å²) >= 11 is 1.79. The molecule has 0 aromatic carbocycles. The molecule has 1 heterocycles. The maximum absolute atomic E-state index is 11.6. The fraction of sp³-hybridized carbons (Fsp3) is 0.917. The number of nitrogens with one attached hydrogen (secondary N) is 2. The van der Waals surface area contributed by atoms with Gasteiger partial charge in [-0.15, -0.1) is 0 Å². The van der Waals surface area contributed by atoms with E-state index in [1.54, 1.807) is 11.8 Å².